The summed E-state index contributed by atoms with van der Waals surface area (Å²) in [6.45, 7) is 8.43. The Morgan fingerprint density at radius 1 is 0.960 bits per heavy atom. The van der Waals surface area contributed by atoms with Crippen LogP contribution in [-0.2, 0) is 9.47 Å². The van der Waals surface area contributed by atoms with E-state index in [0.29, 0.717) is 24.6 Å². The highest BCUT2D eigenvalue weighted by Gasteiger charge is 2.18. The van der Waals surface area contributed by atoms with Gasteiger partial charge in [0, 0.05) is 50.6 Å². The maximum Gasteiger partial charge on any atom is 0.411 e. The highest BCUT2D eigenvalue weighted by Crippen LogP contribution is 2.20. The molecule has 0 aliphatic carbocycles. The summed E-state index contributed by atoms with van der Waals surface area (Å²) in [5, 5.41) is 5.37. The molecule has 0 aromatic heterocycles. The van der Waals surface area contributed by atoms with Gasteiger partial charge in [-0.05, 0) is 24.6 Å². The molecular weight excluding hydrogens is 324 g/mol. The smallest absolute Gasteiger partial charge is 0.411 e. The third-order valence-electron chi connectivity index (χ3n) is 4.08. The summed E-state index contributed by atoms with van der Waals surface area (Å²) >= 11 is 0. The maximum absolute atomic E-state index is 11.8. The molecule has 2 amide bonds. The molecule has 2 aliphatic heterocycles. The number of rotatable bonds is 8. The summed E-state index contributed by atoms with van der Waals surface area (Å²) in [5.41, 5.74) is 2.03. The first kappa shape index (κ1) is 17.5. The van der Waals surface area contributed by atoms with Gasteiger partial charge in [-0.3, -0.25) is 20.4 Å². The second-order valence-corrected chi connectivity index (χ2v) is 6.23. The predicted molar refractivity (Wildman–Crippen MR) is 94.0 cm³/mol. The van der Waals surface area contributed by atoms with E-state index in [4.69, 9.17) is 9.47 Å². The summed E-state index contributed by atoms with van der Waals surface area (Å²) in [6, 6.07) is 5.27. The van der Waals surface area contributed by atoms with Crippen LogP contribution < -0.4 is 10.6 Å². The molecule has 25 heavy (non-hydrogen) atoms. The number of anilines is 2. The lowest BCUT2D eigenvalue weighted by molar-refractivity contribution is 0.156. The molecule has 0 spiro atoms. The normalized spacial score (nSPS) is 16.2. The average molecular weight is 348 g/mol. The van der Waals surface area contributed by atoms with Crippen LogP contribution in [0.4, 0.5) is 21.0 Å². The molecule has 0 bridgehead atoms. The van der Waals surface area contributed by atoms with Gasteiger partial charge in [0.15, 0.2) is 0 Å². The van der Waals surface area contributed by atoms with Crippen molar-refractivity contribution in [3.05, 3.63) is 23.8 Å². The van der Waals surface area contributed by atoms with E-state index in [1.54, 1.807) is 12.1 Å². The molecule has 8 nitrogen and oxygen atoms in total. The van der Waals surface area contributed by atoms with E-state index in [1.165, 1.54) is 0 Å². The first-order valence-electron chi connectivity index (χ1n) is 8.53. The third kappa shape index (κ3) is 6.24. The molecular formula is C17H24N4O4. The van der Waals surface area contributed by atoms with Crippen LogP contribution in [-0.4, -0.2) is 74.5 Å². The first-order valence-corrected chi connectivity index (χ1v) is 8.53. The third-order valence-corrected chi connectivity index (χ3v) is 4.08. The van der Waals surface area contributed by atoms with E-state index >= 15 is 0 Å². The summed E-state index contributed by atoms with van der Waals surface area (Å²) < 4.78 is 10.3. The van der Waals surface area contributed by atoms with Crippen molar-refractivity contribution in [3.63, 3.8) is 0 Å². The Morgan fingerprint density at radius 2 is 1.52 bits per heavy atom. The molecule has 1 aromatic rings. The molecule has 2 N–H and O–H groups in total. The molecule has 0 atom stereocenters. The Bertz CT molecular complexity index is 629. The minimum absolute atomic E-state index is 0.367. The number of carbonyl (C=O) groups is 2. The molecule has 2 fully saturated rings. The molecule has 2 heterocycles. The minimum atomic E-state index is -0.502. The van der Waals surface area contributed by atoms with Gasteiger partial charge in [0.2, 0.25) is 0 Å². The zero-order valence-corrected chi connectivity index (χ0v) is 14.4. The zero-order chi connectivity index (χ0) is 17.6. The number of carbonyl (C=O) groups excluding carboxylic acids is 2. The lowest BCUT2D eigenvalue weighted by Crippen LogP contribution is -2.20. The monoisotopic (exact) mass is 348 g/mol. The van der Waals surface area contributed by atoms with Crippen LogP contribution >= 0.6 is 0 Å². The topological polar surface area (TPSA) is 82.7 Å². The molecule has 0 radical (unpaired) electrons. The second-order valence-electron chi connectivity index (χ2n) is 6.23. The molecule has 136 valence electrons. The van der Waals surface area contributed by atoms with Crippen LogP contribution in [0.25, 0.3) is 0 Å². The van der Waals surface area contributed by atoms with Crippen LogP contribution in [0.2, 0.25) is 0 Å². The average Bonchev–Trinajstić information content (AvgIpc) is 3.45. The Hall–Kier alpha value is -2.32. The van der Waals surface area contributed by atoms with E-state index in [9.17, 15) is 9.59 Å². The van der Waals surface area contributed by atoms with Gasteiger partial charge in [-0.2, -0.15) is 0 Å². The van der Waals surface area contributed by atoms with Crippen LogP contribution in [0.3, 0.4) is 0 Å². The first-order chi connectivity index (χ1) is 12.1. The highest BCUT2D eigenvalue weighted by molar-refractivity contribution is 5.89. The number of nitrogens with one attached hydrogen (secondary N) is 2. The second kappa shape index (κ2) is 8.17. The molecule has 2 saturated heterocycles. The minimum Gasteiger partial charge on any atom is -0.448 e. The lowest BCUT2D eigenvalue weighted by atomic mass is 10.2. The fourth-order valence-electron chi connectivity index (χ4n) is 2.26. The van der Waals surface area contributed by atoms with Gasteiger partial charge in [0.1, 0.15) is 13.2 Å². The summed E-state index contributed by atoms with van der Waals surface area (Å²) in [6.07, 6.45) is -0.999. The Labute approximate surface area is 147 Å². The summed E-state index contributed by atoms with van der Waals surface area (Å²) in [4.78, 5) is 28.0. The van der Waals surface area contributed by atoms with Gasteiger partial charge in [-0.1, -0.05) is 6.07 Å². The van der Waals surface area contributed by atoms with E-state index < -0.39 is 12.2 Å². The SMILES string of the molecule is Cc1ccc(NC(=O)OCCN2CC2)cc1NC(=O)OCCN1CC1. The Morgan fingerprint density at radius 3 is 2.08 bits per heavy atom. The van der Waals surface area contributed by atoms with Crippen LogP contribution in [0.15, 0.2) is 18.2 Å². The van der Waals surface area contributed by atoms with Crippen molar-refractivity contribution >= 4 is 23.6 Å². The van der Waals surface area contributed by atoms with Gasteiger partial charge >= 0.3 is 12.2 Å². The molecule has 2 aliphatic rings. The fraction of sp³-hybridized carbons (Fsp3) is 0.529. The molecule has 8 heteroatoms. The molecule has 1 aromatic carbocycles. The van der Waals surface area contributed by atoms with Gasteiger partial charge in [0.05, 0.1) is 0 Å². The molecule has 0 unspecified atom stereocenters. The van der Waals surface area contributed by atoms with Crippen LogP contribution in [0.1, 0.15) is 5.56 Å². The highest BCUT2D eigenvalue weighted by atomic mass is 16.6. The van der Waals surface area contributed by atoms with Crippen molar-refractivity contribution < 1.29 is 19.1 Å². The summed E-state index contributed by atoms with van der Waals surface area (Å²) in [7, 11) is 0. The largest absolute Gasteiger partial charge is 0.448 e. The van der Waals surface area contributed by atoms with Crippen molar-refractivity contribution in [2.45, 2.75) is 6.92 Å². The van der Waals surface area contributed by atoms with Crippen LogP contribution in [0.5, 0.6) is 0 Å². The lowest BCUT2D eigenvalue weighted by Gasteiger charge is -2.12. The van der Waals surface area contributed by atoms with E-state index in [2.05, 4.69) is 20.4 Å². The molecule has 3 rings (SSSR count). The van der Waals surface area contributed by atoms with Crippen LogP contribution in [0, 0.1) is 6.92 Å². The quantitative estimate of drug-likeness (QED) is 0.696. The maximum atomic E-state index is 11.8. The van der Waals surface area contributed by atoms with Crippen molar-refractivity contribution in [3.8, 4) is 0 Å². The fourth-order valence-corrected chi connectivity index (χ4v) is 2.26. The number of amides is 2. The van der Waals surface area contributed by atoms with Crippen molar-refractivity contribution in [1.82, 2.24) is 9.80 Å². The number of nitrogens with zero attached hydrogens (tertiary/aromatic N) is 2. The van der Waals surface area contributed by atoms with Gasteiger partial charge in [0.25, 0.3) is 0 Å². The standard InChI is InChI=1S/C17H24N4O4/c1-13-2-3-14(18-16(22)24-10-8-20-4-5-20)12-15(13)19-17(23)25-11-9-21-6-7-21/h2-3,12H,4-11H2,1H3,(H,18,22)(H,19,23). The van der Waals surface area contributed by atoms with Crippen molar-refractivity contribution in [2.75, 3.05) is 63.1 Å². The van der Waals surface area contributed by atoms with E-state index in [0.717, 1.165) is 44.8 Å². The van der Waals surface area contributed by atoms with Crippen molar-refractivity contribution in [1.29, 1.82) is 0 Å². The van der Waals surface area contributed by atoms with E-state index in [-0.39, 0.29) is 0 Å². The summed E-state index contributed by atoms with van der Waals surface area (Å²) in [5.74, 6) is 0. The number of ether oxygens (including phenoxy) is 2. The molecule has 0 saturated carbocycles. The van der Waals surface area contributed by atoms with Gasteiger partial charge in [-0.25, -0.2) is 9.59 Å². The van der Waals surface area contributed by atoms with Gasteiger partial charge in [-0.15, -0.1) is 0 Å². The van der Waals surface area contributed by atoms with Crippen molar-refractivity contribution in [2.24, 2.45) is 0 Å². The Kier molecular flexibility index (Phi) is 5.72. The number of hydrogen-bond donors (Lipinski definition) is 2. The Balaban J connectivity index is 1.44. The number of aryl methyl sites for hydroxylation is 1. The number of benzene rings is 1. The predicted octanol–water partition coefficient (Wildman–Crippen LogP) is 1.72. The van der Waals surface area contributed by atoms with E-state index in [1.807, 2.05) is 13.0 Å². The zero-order valence-electron chi connectivity index (χ0n) is 14.4. The number of hydrogen-bond acceptors (Lipinski definition) is 6. The van der Waals surface area contributed by atoms with Gasteiger partial charge < -0.3 is 9.47 Å².